The van der Waals surface area contributed by atoms with Crippen molar-refractivity contribution in [3.63, 3.8) is 0 Å². The second-order valence-electron chi connectivity index (χ2n) is 7.63. The first kappa shape index (κ1) is 24.7. The number of ether oxygens (including phenoxy) is 1. The van der Waals surface area contributed by atoms with Crippen molar-refractivity contribution in [1.29, 1.82) is 0 Å². The number of nitrogens with one attached hydrogen (secondary N) is 2. The summed E-state index contributed by atoms with van der Waals surface area (Å²) in [7, 11) is 0. The summed E-state index contributed by atoms with van der Waals surface area (Å²) in [4.78, 5) is 46.5. The van der Waals surface area contributed by atoms with Crippen LogP contribution in [0.3, 0.4) is 0 Å². The summed E-state index contributed by atoms with van der Waals surface area (Å²) in [6, 6.07) is 12.8. The summed E-state index contributed by atoms with van der Waals surface area (Å²) in [6.45, 7) is 3.49. The molecule has 0 atom stereocenters. The zero-order valence-corrected chi connectivity index (χ0v) is 18.6. The van der Waals surface area contributed by atoms with E-state index in [1.54, 1.807) is 13.8 Å². The van der Waals surface area contributed by atoms with Gasteiger partial charge in [0.1, 0.15) is 11.5 Å². The number of phenols is 1. The minimum atomic E-state index is -1.15. The predicted octanol–water partition coefficient (Wildman–Crippen LogP) is 4.29. The molecule has 0 heterocycles. The minimum absolute atomic E-state index is 0.0189. The number of anilines is 2. The van der Waals surface area contributed by atoms with E-state index in [4.69, 9.17) is 4.74 Å². The number of rotatable bonds is 8. The quantitative estimate of drug-likeness (QED) is 0.274. The van der Waals surface area contributed by atoms with Crippen LogP contribution in [-0.4, -0.2) is 39.0 Å². The highest BCUT2D eigenvalue weighted by atomic mass is 16.6. The second kappa shape index (κ2) is 10.3. The van der Waals surface area contributed by atoms with Crippen molar-refractivity contribution in [3.8, 4) is 11.5 Å². The molecule has 3 aromatic carbocycles. The molecular weight excluding hydrogens is 458 g/mol. The van der Waals surface area contributed by atoms with E-state index in [2.05, 4.69) is 10.6 Å². The van der Waals surface area contributed by atoms with Crippen molar-refractivity contribution >= 4 is 34.8 Å². The Balaban J connectivity index is 1.76. The van der Waals surface area contributed by atoms with Crippen LogP contribution in [0.1, 0.15) is 44.9 Å². The van der Waals surface area contributed by atoms with Gasteiger partial charge in [-0.25, -0.2) is 4.79 Å². The number of hydrogen-bond acceptors (Lipinski definition) is 7. The number of carbonyl (C=O) groups excluding carboxylic acids is 2. The molecule has 3 rings (SSSR count). The molecule has 0 aliphatic carbocycles. The highest BCUT2D eigenvalue weighted by molar-refractivity contribution is 6.08. The second-order valence-corrected chi connectivity index (χ2v) is 7.63. The lowest BCUT2D eigenvalue weighted by Gasteiger charge is -2.16. The number of phenolic OH excluding ortho intramolecular Hbond substituents is 1. The van der Waals surface area contributed by atoms with E-state index in [1.807, 2.05) is 0 Å². The van der Waals surface area contributed by atoms with E-state index >= 15 is 0 Å². The van der Waals surface area contributed by atoms with E-state index in [9.17, 15) is 34.7 Å². The lowest BCUT2D eigenvalue weighted by atomic mass is 10.1. The van der Waals surface area contributed by atoms with Crippen molar-refractivity contribution in [2.24, 2.45) is 0 Å². The molecule has 2 amide bonds. The number of aromatic carboxylic acids is 1. The molecule has 0 aliphatic rings. The zero-order chi connectivity index (χ0) is 25.7. The third-order valence-corrected chi connectivity index (χ3v) is 4.68. The van der Waals surface area contributed by atoms with Gasteiger partial charge in [-0.2, -0.15) is 0 Å². The fourth-order valence-corrected chi connectivity index (χ4v) is 3.04. The summed E-state index contributed by atoms with van der Waals surface area (Å²) in [5, 5.41) is 35.4. The summed E-state index contributed by atoms with van der Waals surface area (Å²) < 4.78 is 5.60. The molecule has 0 radical (unpaired) electrons. The molecule has 3 aromatic rings. The van der Waals surface area contributed by atoms with Crippen LogP contribution >= 0.6 is 0 Å². The molecule has 11 heteroatoms. The molecule has 0 unspecified atom stereocenters. The standard InChI is InChI=1S/C24H21N3O8/c1-13(2)35-21-11-15(24(31)32)5-10-19(21)26-23(30)18-9-6-16(12-20(18)28)25-22(29)14-3-7-17(8-4-14)27(33)34/h3-13,28H,1-2H3,(H,25,29)(H,26,30)(H,31,32). The SMILES string of the molecule is CC(C)Oc1cc(C(=O)O)ccc1NC(=O)c1ccc(NC(=O)c2ccc([N+](=O)[O-])cc2)cc1O. The molecule has 0 saturated heterocycles. The van der Waals surface area contributed by atoms with Crippen LogP contribution in [0.25, 0.3) is 0 Å². The maximum absolute atomic E-state index is 12.7. The first-order valence-electron chi connectivity index (χ1n) is 10.3. The molecule has 0 saturated carbocycles. The van der Waals surface area contributed by atoms with Gasteiger partial charge < -0.3 is 25.6 Å². The van der Waals surface area contributed by atoms with Gasteiger partial charge in [0.25, 0.3) is 17.5 Å². The molecule has 0 aliphatic heterocycles. The molecule has 0 spiro atoms. The topological polar surface area (TPSA) is 168 Å². The van der Waals surface area contributed by atoms with E-state index in [0.29, 0.717) is 0 Å². The normalized spacial score (nSPS) is 10.5. The number of nitro groups is 1. The number of carbonyl (C=O) groups is 3. The van der Waals surface area contributed by atoms with E-state index in [1.165, 1.54) is 60.7 Å². The number of carboxylic acid groups (broad SMARTS) is 1. The van der Waals surface area contributed by atoms with Crippen molar-refractivity contribution < 1.29 is 34.3 Å². The largest absolute Gasteiger partial charge is 0.507 e. The van der Waals surface area contributed by atoms with Crippen LogP contribution in [0.2, 0.25) is 0 Å². The maximum atomic E-state index is 12.7. The van der Waals surface area contributed by atoms with Crippen molar-refractivity contribution in [3.05, 3.63) is 87.5 Å². The zero-order valence-electron chi connectivity index (χ0n) is 18.6. The average Bonchev–Trinajstić information content (AvgIpc) is 2.79. The first-order valence-corrected chi connectivity index (χ1v) is 10.3. The van der Waals surface area contributed by atoms with Gasteiger partial charge in [0.05, 0.1) is 27.8 Å². The van der Waals surface area contributed by atoms with Gasteiger partial charge in [0, 0.05) is 29.4 Å². The lowest BCUT2D eigenvalue weighted by molar-refractivity contribution is -0.384. The number of benzene rings is 3. The number of nitro benzene ring substituents is 1. The fourth-order valence-electron chi connectivity index (χ4n) is 3.04. The van der Waals surface area contributed by atoms with E-state index < -0.39 is 28.5 Å². The number of non-ortho nitro benzene ring substituents is 1. The predicted molar refractivity (Wildman–Crippen MR) is 126 cm³/mol. The van der Waals surface area contributed by atoms with Gasteiger partial charge in [-0.05, 0) is 56.3 Å². The van der Waals surface area contributed by atoms with Crippen LogP contribution in [0, 0.1) is 10.1 Å². The summed E-state index contributed by atoms with van der Waals surface area (Å²) in [5.74, 6) is -2.67. The molecule has 180 valence electrons. The Morgan fingerprint density at radius 1 is 0.914 bits per heavy atom. The fraction of sp³-hybridized carbons (Fsp3) is 0.125. The van der Waals surface area contributed by atoms with Crippen molar-refractivity contribution in [2.45, 2.75) is 20.0 Å². The molecule has 4 N–H and O–H groups in total. The molecule has 0 bridgehead atoms. The van der Waals surface area contributed by atoms with Gasteiger partial charge in [0.2, 0.25) is 0 Å². The summed E-state index contributed by atoms with van der Waals surface area (Å²) in [5.41, 5.74) is 0.292. The van der Waals surface area contributed by atoms with Gasteiger partial charge in [-0.3, -0.25) is 19.7 Å². The van der Waals surface area contributed by atoms with Gasteiger partial charge in [0.15, 0.2) is 0 Å². The number of amides is 2. The van der Waals surface area contributed by atoms with Crippen molar-refractivity contribution in [1.82, 2.24) is 0 Å². The number of carboxylic acids is 1. The maximum Gasteiger partial charge on any atom is 0.335 e. The van der Waals surface area contributed by atoms with Crippen molar-refractivity contribution in [2.75, 3.05) is 10.6 Å². The van der Waals surface area contributed by atoms with Crippen LogP contribution in [-0.2, 0) is 0 Å². The van der Waals surface area contributed by atoms with Crippen LogP contribution in [0.4, 0.5) is 17.1 Å². The van der Waals surface area contributed by atoms with E-state index in [-0.39, 0.29) is 45.6 Å². The van der Waals surface area contributed by atoms with Crippen LogP contribution in [0.15, 0.2) is 60.7 Å². The highest BCUT2D eigenvalue weighted by Gasteiger charge is 2.17. The smallest absolute Gasteiger partial charge is 0.335 e. The number of aromatic hydroxyl groups is 1. The lowest BCUT2D eigenvalue weighted by Crippen LogP contribution is -2.16. The van der Waals surface area contributed by atoms with Gasteiger partial charge >= 0.3 is 5.97 Å². The third kappa shape index (κ3) is 6.11. The van der Waals surface area contributed by atoms with Gasteiger partial charge in [-0.1, -0.05) is 0 Å². The molecule has 0 aromatic heterocycles. The number of nitrogens with zero attached hydrogens (tertiary/aromatic N) is 1. The Morgan fingerprint density at radius 2 is 1.57 bits per heavy atom. The number of hydrogen-bond donors (Lipinski definition) is 4. The Labute approximate surface area is 199 Å². The Morgan fingerprint density at radius 3 is 2.14 bits per heavy atom. The molecular formula is C24H21N3O8. The summed E-state index contributed by atoms with van der Waals surface area (Å²) in [6.07, 6.45) is -0.290. The van der Waals surface area contributed by atoms with E-state index in [0.717, 1.165) is 0 Å². The van der Waals surface area contributed by atoms with Gasteiger partial charge in [-0.15, -0.1) is 0 Å². The average molecular weight is 479 g/mol. The Bertz CT molecular complexity index is 1300. The van der Waals surface area contributed by atoms with Crippen LogP contribution < -0.4 is 15.4 Å². The highest BCUT2D eigenvalue weighted by Crippen LogP contribution is 2.29. The first-order chi connectivity index (χ1) is 16.5. The Kier molecular flexibility index (Phi) is 7.30. The molecule has 0 fully saturated rings. The summed E-state index contributed by atoms with van der Waals surface area (Å²) >= 11 is 0. The Hall–Kier alpha value is -4.93. The third-order valence-electron chi connectivity index (χ3n) is 4.68. The molecule has 35 heavy (non-hydrogen) atoms. The molecule has 11 nitrogen and oxygen atoms in total. The monoisotopic (exact) mass is 479 g/mol. The minimum Gasteiger partial charge on any atom is -0.507 e. The van der Waals surface area contributed by atoms with Crippen LogP contribution in [0.5, 0.6) is 11.5 Å².